The lowest BCUT2D eigenvalue weighted by Gasteiger charge is -2.37. The molecule has 1 N–H and O–H groups in total. The quantitative estimate of drug-likeness (QED) is 0.622. The summed E-state index contributed by atoms with van der Waals surface area (Å²) >= 11 is 0. The van der Waals surface area contributed by atoms with Crippen molar-refractivity contribution in [1.82, 2.24) is 24.9 Å². The van der Waals surface area contributed by atoms with Gasteiger partial charge in [-0.1, -0.05) is 12.1 Å². The summed E-state index contributed by atoms with van der Waals surface area (Å²) in [5.74, 6) is 1.01. The SMILES string of the molecule is CN=C(NCc1ccc(-n2cccn2)cc1)N1CCN(C(=O)C2CCCO2)CC1. The number of hydrogen-bond acceptors (Lipinski definition) is 4. The van der Waals surface area contributed by atoms with Crippen molar-refractivity contribution in [2.24, 2.45) is 4.99 Å². The minimum absolute atomic E-state index is 0.141. The minimum atomic E-state index is -0.233. The van der Waals surface area contributed by atoms with Crippen LogP contribution in [0.3, 0.4) is 0 Å². The van der Waals surface area contributed by atoms with Crippen molar-refractivity contribution < 1.29 is 9.53 Å². The van der Waals surface area contributed by atoms with Gasteiger partial charge >= 0.3 is 0 Å². The first-order valence-corrected chi connectivity index (χ1v) is 10.2. The number of rotatable bonds is 4. The molecule has 2 aliphatic heterocycles. The lowest BCUT2D eigenvalue weighted by molar-refractivity contribution is -0.142. The molecule has 0 saturated carbocycles. The molecule has 2 saturated heterocycles. The lowest BCUT2D eigenvalue weighted by atomic mass is 10.2. The topological polar surface area (TPSA) is 75.0 Å². The summed E-state index contributed by atoms with van der Waals surface area (Å²) in [6.45, 7) is 4.36. The van der Waals surface area contributed by atoms with E-state index in [2.05, 4.69) is 44.6 Å². The number of nitrogens with zero attached hydrogens (tertiary/aromatic N) is 5. The number of piperazine rings is 1. The molecule has 1 amide bonds. The molecule has 0 radical (unpaired) electrons. The van der Waals surface area contributed by atoms with Crippen molar-refractivity contribution in [3.8, 4) is 5.69 Å². The van der Waals surface area contributed by atoms with Crippen LogP contribution in [-0.4, -0.2) is 77.4 Å². The zero-order chi connectivity index (χ0) is 20.1. The van der Waals surface area contributed by atoms with E-state index in [9.17, 15) is 4.79 Å². The van der Waals surface area contributed by atoms with Gasteiger partial charge in [0.1, 0.15) is 6.10 Å². The summed E-state index contributed by atoms with van der Waals surface area (Å²) < 4.78 is 7.38. The fourth-order valence-electron chi connectivity index (χ4n) is 3.82. The van der Waals surface area contributed by atoms with E-state index in [1.165, 1.54) is 5.56 Å². The number of guanidine groups is 1. The summed E-state index contributed by atoms with van der Waals surface area (Å²) in [7, 11) is 1.80. The third kappa shape index (κ3) is 4.59. The van der Waals surface area contributed by atoms with Crippen molar-refractivity contribution in [3.05, 3.63) is 48.3 Å². The summed E-state index contributed by atoms with van der Waals surface area (Å²) in [5.41, 5.74) is 2.21. The molecule has 8 heteroatoms. The van der Waals surface area contributed by atoms with Gasteiger partial charge in [0, 0.05) is 58.8 Å². The molecule has 3 heterocycles. The molecule has 0 bridgehead atoms. The monoisotopic (exact) mass is 396 g/mol. The molecule has 0 aliphatic carbocycles. The second kappa shape index (κ2) is 9.09. The maximum absolute atomic E-state index is 12.5. The highest BCUT2D eigenvalue weighted by Gasteiger charge is 2.30. The minimum Gasteiger partial charge on any atom is -0.368 e. The van der Waals surface area contributed by atoms with Crippen LogP contribution in [0.5, 0.6) is 0 Å². The number of amides is 1. The van der Waals surface area contributed by atoms with Gasteiger partial charge in [-0.15, -0.1) is 0 Å². The van der Waals surface area contributed by atoms with Crippen LogP contribution < -0.4 is 5.32 Å². The van der Waals surface area contributed by atoms with Crippen molar-refractivity contribution in [1.29, 1.82) is 0 Å². The smallest absolute Gasteiger partial charge is 0.251 e. The Labute approximate surface area is 171 Å². The first-order chi connectivity index (χ1) is 14.2. The van der Waals surface area contributed by atoms with Gasteiger partial charge in [-0.3, -0.25) is 9.79 Å². The van der Waals surface area contributed by atoms with E-state index in [0.29, 0.717) is 26.2 Å². The van der Waals surface area contributed by atoms with E-state index in [1.807, 2.05) is 21.8 Å². The Morgan fingerprint density at radius 2 is 1.97 bits per heavy atom. The van der Waals surface area contributed by atoms with Crippen LogP contribution in [-0.2, 0) is 16.1 Å². The molecule has 1 unspecified atom stereocenters. The normalized spacial score (nSPS) is 20.2. The second-order valence-electron chi connectivity index (χ2n) is 7.33. The van der Waals surface area contributed by atoms with Crippen molar-refractivity contribution in [2.45, 2.75) is 25.5 Å². The van der Waals surface area contributed by atoms with E-state index in [4.69, 9.17) is 4.74 Å². The molecule has 0 spiro atoms. The van der Waals surface area contributed by atoms with E-state index < -0.39 is 0 Å². The van der Waals surface area contributed by atoms with Gasteiger partial charge in [-0.2, -0.15) is 5.10 Å². The standard InChI is InChI=1S/C21H28N6O2/c1-22-21(23-16-17-5-7-18(8-6-17)27-10-3-9-24-27)26-13-11-25(12-14-26)20(28)19-4-2-15-29-19/h3,5-10,19H,2,4,11-16H2,1H3,(H,22,23). The molecule has 8 nitrogen and oxygen atoms in total. The Morgan fingerprint density at radius 1 is 1.21 bits per heavy atom. The number of nitrogens with one attached hydrogen (secondary N) is 1. The van der Waals surface area contributed by atoms with Crippen LogP contribution in [0.2, 0.25) is 0 Å². The van der Waals surface area contributed by atoms with Gasteiger partial charge in [0.2, 0.25) is 0 Å². The highest BCUT2D eigenvalue weighted by atomic mass is 16.5. The zero-order valence-electron chi connectivity index (χ0n) is 16.8. The maximum Gasteiger partial charge on any atom is 0.251 e. The first-order valence-electron chi connectivity index (χ1n) is 10.2. The molecule has 4 rings (SSSR count). The van der Waals surface area contributed by atoms with E-state index in [0.717, 1.165) is 37.6 Å². The molecule has 29 heavy (non-hydrogen) atoms. The molecular weight excluding hydrogens is 368 g/mol. The number of benzene rings is 1. The Bertz CT molecular complexity index is 819. The van der Waals surface area contributed by atoms with Gasteiger partial charge in [0.15, 0.2) is 5.96 Å². The average molecular weight is 396 g/mol. The van der Waals surface area contributed by atoms with Crippen molar-refractivity contribution >= 4 is 11.9 Å². The summed E-state index contributed by atoms with van der Waals surface area (Å²) in [6, 6.07) is 10.2. The molecule has 1 atom stereocenters. The third-order valence-corrected chi connectivity index (χ3v) is 5.46. The maximum atomic E-state index is 12.5. The van der Waals surface area contributed by atoms with Gasteiger partial charge in [0.25, 0.3) is 5.91 Å². The summed E-state index contributed by atoms with van der Waals surface area (Å²) in [4.78, 5) is 21.1. The molecule has 2 aliphatic rings. The van der Waals surface area contributed by atoms with Crippen molar-refractivity contribution in [3.63, 3.8) is 0 Å². The zero-order valence-corrected chi connectivity index (χ0v) is 16.8. The highest BCUT2D eigenvalue weighted by Crippen LogP contribution is 2.16. The molecule has 2 aromatic rings. The van der Waals surface area contributed by atoms with Crippen LogP contribution in [0.15, 0.2) is 47.7 Å². The van der Waals surface area contributed by atoms with Gasteiger partial charge in [-0.25, -0.2) is 4.68 Å². The van der Waals surface area contributed by atoms with Crippen LogP contribution >= 0.6 is 0 Å². The largest absolute Gasteiger partial charge is 0.368 e. The lowest BCUT2D eigenvalue weighted by Crippen LogP contribution is -2.55. The number of carbonyl (C=O) groups excluding carboxylic acids is 1. The molecule has 2 fully saturated rings. The highest BCUT2D eigenvalue weighted by molar-refractivity contribution is 5.82. The molecular formula is C21H28N6O2. The molecule has 1 aromatic carbocycles. The Kier molecular flexibility index (Phi) is 6.09. The third-order valence-electron chi connectivity index (χ3n) is 5.46. The molecule has 154 valence electrons. The van der Waals surface area contributed by atoms with Crippen LogP contribution in [0.25, 0.3) is 5.69 Å². The number of aliphatic imine (C=N–C) groups is 1. The van der Waals surface area contributed by atoms with Gasteiger partial charge < -0.3 is 19.9 Å². The fraction of sp³-hybridized carbons (Fsp3) is 0.476. The van der Waals surface area contributed by atoms with Crippen LogP contribution in [0, 0.1) is 0 Å². The van der Waals surface area contributed by atoms with E-state index in [-0.39, 0.29) is 12.0 Å². The Morgan fingerprint density at radius 3 is 2.59 bits per heavy atom. The number of hydrogen-bond donors (Lipinski definition) is 1. The number of carbonyl (C=O) groups is 1. The number of ether oxygens (including phenoxy) is 1. The van der Waals surface area contributed by atoms with E-state index >= 15 is 0 Å². The van der Waals surface area contributed by atoms with Crippen molar-refractivity contribution in [2.75, 3.05) is 39.8 Å². The summed E-state index contributed by atoms with van der Waals surface area (Å²) in [6.07, 6.45) is 5.30. The predicted molar refractivity (Wildman–Crippen MR) is 111 cm³/mol. The molecule has 1 aromatic heterocycles. The Balaban J connectivity index is 1.27. The predicted octanol–water partition coefficient (Wildman–Crippen LogP) is 1.27. The van der Waals surface area contributed by atoms with Crippen LogP contribution in [0.1, 0.15) is 18.4 Å². The Hall–Kier alpha value is -2.87. The van der Waals surface area contributed by atoms with Gasteiger partial charge in [-0.05, 0) is 36.6 Å². The summed E-state index contributed by atoms with van der Waals surface area (Å²) in [5, 5.41) is 7.68. The average Bonchev–Trinajstić information content (AvgIpc) is 3.49. The van der Waals surface area contributed by atoms with E-state index in [1.54, 1.807) is 13.2 Å². The fourth-order valence-corrected chi connectivity index (χ4v) is 3.82. The second-order valence-corrected chi connectivity index (χ2v) is 7.33. The first kappa shape index (κ1) is 19.4. The van der Waals surface area contributed by atoms with Crippen LogP contribution in [0.4, 0.5) is 0 Å². The van der Waals surface area contributed by atoms with Gasteiger partial charge in [0.05, 0.1) is 5.69 Å². The number of aromatic nitrogens is 2.